The minimum atomic E-state index is 0.304. The summed E-state index contributed by atoms with van der Waals surface area (Å²) in [7, 11) is 1.71. The van der Waals surface area contributed by atoms with Crippen LogP contribution >= 0.6 is 0 Å². The van der Waals surface area contributed by atoms with Crippen LogP contribution in [0.15, 0.2) is 29.3 Å². The molecule has 1 saturated heterocycles. The maximum atomic E-state index is 5.34. The molecule has 3 heterocycles. The Labute approximate surface area is 185 Å². The molecule has 8 nitrogen and oxygen atoms in total. The van der Waals surface area contributed by atoms with E-state index in [1.807, 2.05) is 12.1 Å². The van der Waals surface area contributed by atoms with E-state index in [0.717, 1.165) is 62.5 Å². The molecule has 2 N–H and O–H groups in total. The van der Waals surface area contributed by atoms with Crippen molar-refractivity contribution in [1.29, 1.82) is 0 Å². The second kappa shape index (κ2) is 10.6. The van der Waals surface area contributed by atoms with Crippen LogP contribution in [0.25, 0.3) is 0 Å². The fourth-order valence-corrected chi connectivity index (χ4v) is 4.51. The molecule has 31 heavy (non-hydrogen) atoms. The highest BCUT2D eigenvalue weighted by Gasteiger charge is 2.24. The van der Waals surface area contributed by atoms with Crippen molar-refractivity contribution in [3.8, 4) is 5.75 Å². The molecule has 168 valence electrons. The molecular formula is C23H35N7O. The molecule has 1 atom stereocenters. The SMILES string of the molecule is CCNC(=NCc1nnc2n1CCCC2)NCC(c1ccc(OC)cc1)N1CCCC1. The van der Waals surface area contributed by atoms with Gasteiger partial charge in [0.1, 0.15) is 18.1 Å². The van der Waals surface area contributed by atoms with E-state index >= 15 is 0 Å². The second-order valence-electron chi connectivity index (χ2n) is 8.25. The zero-order valence-electron chi connectivity index (χ0n) is 18.8. The molecule has 1 aromatic carbocycles. The quantitative estimate of drug-likeness (QED) is 0.500. The van der Waals surface area contributed by atoms with Gasteiger partial charge in [-0.15, -0.1) is 10.2 Å². The number of aromatic nitrogens is 3. The second-order valence-corrected chi connectivity index (χ2v) is 8.25. The lowest BCUT2D eigenvalue weighted by atomic mass is 10.1. The number of rotatable bonds is 8. The lowest BCUT2D eigenvalue weighted by Gasteiger charge is -2.29. The number of aryl methyl sites for hydroxylation is 1. The van der Waals surface area contributed by atoms with E-state index in [-0.39, 0.29) is 0 Å². The number of methoxy groups -OCH3 is 1. The predicted octanol–water partition coefficient (Wildman–Crippen LogP) is 2.52. The Morgan fingerprint density at radius 3 is 2.58 bits per heavy atom. The highest BCUT2D eigenvalue weighted by molar-refractivity contribution is 5.79. The molecule has 0 aliphatic carbocycles. The maximum absolute atomic E-state index is 5.34. The van der Waals surface area contributed by atoms with Crippen LogP contribution in [-0.2, 0) is 19.5 Å². The number of nitrogens with one attached hydrogen (secondary N) is 2. The molecule has 0 spiro atoms. The van der Waals surface area contributed by atoms with Crippen molar-refractivity contribution in [1.82, 2.24) is 30.3 Å². The van der Waals surface area contributed by atoms with Crippen LogP contribution in [0.2, 0.25) is 0 Å². The van der Waals surface area contributed by atoms with Crippen molar-refractivity contribution >= 4 is 5.96 Å². The van der Waals surface area contributed by atoms with E-state index < -0.39 is 0 Å². The van der Waals surface area contributed by atoms with Gasteiger partial charge in [0, 0.05) is 26.1 Å². The minimum Gasteiger partial charge on any atom is -0.497 e. The van der Waals surface area contributed by atoms with Crippen LogP contribution in [0.1, 0.15) is 55.9 Å². The first-order valence-corrected chi connectivity index (χ1v) is 11.6. The number of benzene rings is 1. The average molecular weight is 426 g/mol. The molecule has 1 fully saturated rings. The molecular weight excluding hydrogens is 390 g/mol. The van der Waals surface area contributed by atoms with Gasteiger partial charge in [0.2, 0.25) is 0 Å². The van der Waals surface area contributed by atoms with Crippen molar-refractivity contribution in [2.75, 3.05) is 33.3 Å². The first-order valence-electron chi connectivity index (χ1n) is 11.6. The number of ether oxygens (including phenoxy) is 1. The van der Waals surface area contributed by atoms with Gasteiger partial charge in [-0.3, -0.25) is 4.90 Å². The molecule has 2 aliphatic rings. The van der Waals surface area contributed by atoms with Gasteiger partial charge in [-0.1, -0.05) is 12.1 Å². The third-order valence-electron chi connectivity index (χ3n) is 6.20. The van der Waals surface area contributed by atoms with Crippen LogP contribution in [0.4, 0.5) is 0 Å². The minimum absolute atomic E-state index is 0.304. The van der Waals surface area contributed by atoms with Gasteiger partial charge in [-0.05, 0) is 63.4 Å². The summed E-state index contributed by atoms with van der Waals surface area (Å²) in [6.07, 6.45) is 5.94. The van der Waals surface area contributed by atoms with Gasteiger partial charge in [0.15, 0.2) is 11.8 Å². The van der Waals surface area contributed by atoms with Crippen LogP contribution in [-0.4, -0.2) is 58.9 Å². The van der Waals surface area contributed by atoms with Crippen molar-refractivity contribution in [3.63, 3.8) is 0 Å². The largest absolute Gasteiger partial charge is 0.497 e. The fraction of sp³-hybridized carbons (Fsp3) is 0.609. The van der Waals surface area contributed by atoms with Crippen molar-refractivity contribution in [2.24, 2.45) is 4.99 Å². The Bertz CT molecular complexity index is 855. The number of aliphatic imine (C=N–C) groups is 1. The zero-order valence-corrected chi connectivity index (χ0v) is 18.8. The summed E-state index contributed by atoms with van der Waals surface area (Å²) in [5.41, 5.74) is 1.30. The van der Waals surface area contributed by atoms with E-state index in [9.17, 15) is 0 Å². The normalized spacial score (nSPS) is 17.9. The molecule has 0 saturated carbocycles. The molecule has 0 radical (unpaired) electrons. The summed E-state index contributed by atoms with van der Waals surface area (Å²) in [5.74, 6) is 3.78. The Balaban J connectivity index is 1.45. The van der Waals surface area contributed by atoms with E-state index in [2.05, 4.69) is 49.4 Å². The molecule has 2 aliphatic heterocycles. The molecule has 8 heteroatoms. The van der Waals surface area contributed by atoms with Crippen molar-refractivity contribution in [2.45, 2.75) is 58.2 Å². The van der Waals surface area contributed by atoms with Crippen molar-refractivity contribution < 1.29 is 4.74 Å². The monoisotopic (exact) mass is 425 g/mol. The Morgan fingerprint density at radius 2 is 1.84 bits per heavy atom. The average Bonchev–Trinajstić information content (AvgIpc) is 3.48. The highest BCUT2D eigenvalue weighted by atomic mass is 16.5. The highest BCUT2D eigenvalue weighted by Crippen LogP contribution is 2.26. The summed E-state index contributed by atoms with van der Waals surface area (Å²) in [6.45, 7) is 7.54. The van der Waals surface area contributed by atoms with Crippen molar-refractivity contribution in [3.05, 3.63) is 41.5 Å². The molecule has 0 bridgehead atoms. The zero-order chi connectivity index (χ0) is 21.5. The number of guanidine groups is 1. The van der Waals surface area contributed by atoms with Gasteiger partial charge in [-0.25, -0.2) is 4.99 Å². The molecule has 0 amide bonds. The van der Waals surface area contributed by atoms with Crippen LogP contribution < -0.4 is 15.4 Å². The lowest BCUT2D eigenvalue weighted by molar-refractivity contribution is 0.245. The maximum Gasteiger partial charge on any atom is 0.191 e. The lowest BCUT2D eigenvalue weighted by Crippen LogP contribution is -2.42. The van der Waals surface area contributed by atoms with E-state index in [1.165, 1.54) is 31.2 Å². The summed E-state index contributed by atoms with van der Waals surface area (Å²) in [6, 6.07) is 8.75. The first kappa shape index (κ1) is 21.6. The Kier molecular flexibility index (Phi) is 7.40. The number of hydrogen-bond donors (Lipinski definition) is 2. The van der Waals surface area contributed by atoms with Gasteiger partial charge in [0.05, 0.1) is 13.2 Å². The molecule has 1 aromatic heterocycles. The van der Waals surface area contributed by atoms with E-state index in [0.29, 0.717) is 12.6 Å². The Morgan fingerprint density at radius 1 is 1.06 bits per heavy atom. The first-order chi connectivity index (χ1) is 15.3. The number of likely N-dealkylation sites (tertiary alicyclic amines) is 1. The van der Waals surface area contributed by atoms with Gasteiger partial charge >= 0.3 is 0 Å². The third kappa shape index (κ3) is 5.36. The number of nitrogens with zero attached hydrogens (tertiary/aromatic N) is 5. The van der Waals surface area contributed by atoms with E-state index in [1.54, 1.807) is 7.11 Å². The summed E-state index contributed by atoms with van der Waals surface area (Å²) in [5, 5.41) is 15.7. The van der Waals surface area contributed by atoms with Gasteiger partial charge in [-0.2, -0.15) is 0 Å². The van der Waals surface area contributed by atoms with E-state index in [4.69, 9.17) is 9.73 Å². The Hall–Kier alpha value is -2.61. The topological polar surface area (TPSA) is 79.6 Å². The fourth-order valence-electron chi connectivity index (χ4n) is 4.51. The third-order valence-corrected chi connectivity index (χ3v) is 6.20. The van der Waals surface area contributed by atoms with Crippen LogP contribution in [0, 0.1) is 0 Å². The predicted molar refractivity (Wildman–Crippen MR) is 122 cm³/mol. The summed E-state index contributed by atoms with van der Waals surface area (Å²) >= 11 is 0. The molecule has 1 unspecified atom stereocenters. The summed E-state index contributed by atoms with van der Waals surface area (Å²) in [4.78, 5) is 7.38. The molecule has 2 aromatic rings. The van der Waals surface area contributed by atoms with Crippen LogP contribution in [0.3, 0.4) is 0 Å². The molecule has 4 rings (SSSR count). The van der Waals surface area contributed by atoms with Gasteiger partial charge in [0.25, 0.3) is 0 Å². The standard InChI is InChI=1S/C23H35N7O/c1-3-24-23(26-17-22-28-27-21-8-4-5-15-30(21)22)25-16-20(29-13-6-7-14-29)18-9-11-19(31-2)12-10-18/h9-12,20H,3-8,13-17H2,1-2H3,(H2,24,25,26). The van der Waals surface area contributed by atoms with Crippen LogP contribution in [0.5, 0.6) is 5.75 Å². The number of fused-ring (bicyclic) bond motifs is 1. The number of hydrogen-bond acceptors (Lipinski definition) is 5. The summed E-state index contributed by atoms with van der Waals surface area (Å²) < 4.78 is 7.58. The smallest absolute Gasteiger partial charge is 0.191 e. The van der Waals surface area contributed by atoms with Gasteiger partial charge < -0.3 is 19.9 Å².